The molecule has 0 aromatic rings. The van der Waals surface area contributed by atoms with Crippen molar-refractivity contribution >= 4 is 18.0 Å². The second-order valence-corrected chi connectivity index (χ2v) is 5.28. The first-order chi connectivity index (χ1) is 7.32. The van der Waals surface area contributed by atoms with Gasteiger partial charge < -0.3 is 10.3 Å². The molecule has 0 radical (unpaired) electrons. The average Bonchev–Trinajstić information content (AvgIpc) is 2.48. The van der Waals surface area contributed by atoms with Crippen molar-refractivity contribution in [1.29, 1.82) is 0 Å². The molecule has 2 aliphatic rings. The van der Waals surface area contributed by atoms with E-state index in [1.165, 1.54) is 0 Å². The van der Waals surface area contributed by atoms with E-state index in [1.54, 1.807) is 0 Å². The van der Waals surface area contributed by atoms with E-state index in [9.17, 15) is 9.59 Å². The lowest BCUT2D eigenvalue weighted by Gasteiger charge is -2.33. The molecule has 0 aromatic carbocycles. The highest BCUT2D eigenvalue weighted by atomic mass is 16.6. The van der Waals surface area contributed by atoms with Crippen LogP contribution in [-0.2, 0) is 14.3 Å². The summed E-state index contributed by atoms with van der Waals surface area (Å²) in [6.45, 7) is 5.54. The number of hydrogen-bond donors (Lipinski definition) is 0. The molecule has 16 heavy (non-hydrogen) atoms. The highest BCUT2D eigenvalue weighted by Crippen LogP contribution is 2.65. The van der Waals surface area contributed by atoms with Crippen LogP contribution in [0.2, 0.25) is 0 Å². The standard InChI is InChI=1S/C11H14N2O3/c1-9(2)10(3)4-5-11(9,16-8(10)15)7(14)6-13-12/h6H,4-5H2,1-3H3/t10-,11+/m0/s1. The zero-order valence-electron chi connectivity index (χ0n) is 9.61. The topological polar surface area (TPSA) is 79.8 Å². The Morgan fingerprint density at radius 3 is 2.44 bits per heavy atom. The Morgan fingerprint density at radius 1 is 1.44 bits per heavy atom. The largest absolute Gasteiger partial charge is 0.449 e. The fourth-order valence-corrected chi connectivity index (χ4v) is 2.94. The number of hydrogen-bond acceptors (Lipinski definition) is 3. The normalized spacial score (nSPS) is 39.1. The average molecular weight is 222 g/mol. The summed E-state index contributed by atoms with van der Waals surface area (Å²) in [5.41, 5.74) is 6.09. The van der Waals surface area contributed by atoms with Gasteiger partial charge in [0.25, 0.3) is 5.78 Å². The fourth-order valence-electron chi connectivity index (χ4n) is 2.94. The van der Waals surface area contributed by atoms with Crippen LogP contribution in [0.15, 0.2) is 0 Å². The first-order valence-electron chi connectivity index (χ1n) is 5.27. The molecule has 2 rings (SSSR count). The lowest BCUT2D eigenvalue weighted by atomic mass is 9.65. The van der Waals surface area contributed by atoms with Crippen molar-refractivity contribution in [2.24, 2.45) is 10.8 Å². The predicted molar refractivity (Wildman–Crippen MR) is 54.6 cm³/mol. The number of fused-ring (bicyclic) bond motifs is 2. The zero-order valence-corrected chi connectivity index (χ0v) is 9.61. The van der Waals surface area contributed by atoms with Crippen LogP contribution >= 0.6 is 0 Å². The minimum absolute atomic E-state index is 0.330. The van der Waals surface area contributed by atoms with Gasteiger partial charge in [0.15, 0.2) is 5.60 Å². The van der Waals surface area contributed by atoms with Gasteiger partial charge in [0.05, 0.1) is 5.41 Å². The molecule has 0 aromatic heterocycles. The van der Waals surface area contributed by atoms with Gasteiger partial charge in [-0.15, -0.1) is 0 Å². The number of nitrogens with zero attached hydrogens (tertiary/aromatic N) is 2. The maximum atomic E-state index is 11.9. The lowest BCUT2D eigenvalue weighted by Crippen LogP contribution is -2.48. The summed E-state index contributed by atoms with van der Waals surface area (Å²) in [5.74, 6) is -0.766. The van der Waals surface area contributed by atoms with Crippen molar-refractivity contribution in [2.45, 2.75) is 39.2 Å². The smallest absolute Gasteiger partial charge is 0.327 e. The van der Waals surface area contributed by atoms with Gasteiger partial charge in [-0.3, -0.25) is 9.59 Å². The molecule has 0 N–H and O–H groups in total. The van der Waals surface area contributed by atoms with Crippen LogP contribution in [-0.4, -0.2) is 28.4 Å². The van der Waals surface area contributed by atoms with Crippen LogP contribution in [0.3, 0.4) is 0 Å². The highest BCUT2D eigenvalue weighted by Gasteiger charge is 2.75. The molecule has 1 saturated carbocycles. The summed E-state index contributed by atoms with van der Waals surface area (Å²) in [4.78, 5) is 26.5. The Balaban J connectivity index is 2.56. The van der Waals surface area contributed by atoms with E-state index in [0.717, 1.165) is 6.21 Å². The molecule has 0 spiro atoms. The Hall–Kier alpha value is -1.48. The molecule has 2 atom stereocenters. The second-order valence-electron chi connectivity index (χ2n) is 5.28. The van der Waals surface area contributed by atoms with Crippen molar-refractivity contribution in [1.82, 2.24) is 0 Å². The van der Waals surface area contributed by atoms with Gasteiger partial charge in [-0.25, -0.2) is 0 Å². The van der Waals surface area contributed by atoms with Gasteiger partial charge in [-0.2, -0.15) is 4.79 Å². The van der Waals surface area contributed by atoms with E-state index >= 15 is 0 Å². The van der Waals surface area contributed by atoms with Crippen LogP contribution < -0.4 is 0 Å². The Kier molecular flexibility index (Phi) is 1.93. The maximum Gasteiger partial charge on any atom is 0.327 e. The van der Waals surface area contributed by atoms with Crippen LogP contribution in [0, 0.1) is 10.8 Å². The van der Waals surface area contributed by atoms with E-state index in [2.05, 4.69) is 4.79 Å². The number of Topliss-reactive ketones (excluding diaryl/α,β-unsaturated/α-hetero) is 1. The van der Waals surface area contributed by atoms with Crippen molar-refractivity contribution in [3.63, 3.8) is 0 Å². The molecule has 1 heterocycles. The molecule has 0 amide bonds. The van der Waals surface area contributed by atoms with E-state index < -0.39 is 22.2 Å². The molecular formula is C11H14N2O3. The first-order valence-corrected chi connectivity index (χ1v) is 5.27. The third-order valence-corrected chi connectivity index (χ3v) is 4.66. The van der Waals surface area contributed by atoms with Crippen LogP contribution in [0.25, 0.3) is 5.53 Å². The van der Waals surface area contributed by atoms with Crippen LogP contribution in [0.1, 0.15) is 33.6 Å². The van der Waals surface area contributed by atoms with Gasteiger partial charge in [0, 0.05) is 5.41 Å². The maximum absolute atomic E-state index is 11.9. The van der Waals surface area contributed by atoms with Gasteiger partial charge in [0.1, 0.15) is 0 Å². The summed E-state index contributed by atoms with van der Waals surface area (Å²) in [7, 11) is 0. The Morgan fingerprint density at radius 2 is 2.06 bits per heavy atom. The lowest BCUT2D eigenvalue weighted by molar-refractivity contribution is -0.165. The van der Waals surface area contributed by atoms with E-state index in [0.29, 0.717) is 12.8 Å². The SMILES string of the molecule is CC1(C)[C@@]2(C)CC[C@]1(C(=O)C=[N+]=[N-])OC2=O. The fraction of sp³-hybridized carbons (Fsp3) is 0.727. The molecule has 1 saturated heterocycles. The molecule has 86 valence electrons. The van der Waals surface area contributed by atoms with Gasteiger partial charge >= 0.3 is 12.2 Å². The van der Waals surface area contributed by atoms with E-state index in [4.69, 9.17) is 10.3 Å². The van der Waals surface area contributed by atoms with Gasteiger partial charge in [-0.1, -0.05) is 13.8 Å². The van der Waals surface area contributed by atoms with Crippen molar-refractivity contribution < 1.29 is 19.1 Å². The first kappa shape index (κ1) is 11.0. The molecule has 2 fully saturated rings. The quantitative estimate of drug-likeness (QED) is 0.302. The monoisotopic (exact) mass is 222 g/mol. The second kappa shape index (κ2) is 2.80. The molecule has 0 unspecified atom stereocenters. The Labute approximate surface area is 93.4 Å². The predicted octanol–water partition coefficient (Wildman–Crippen LogP) is 0.978. The van der Waals surface area contributed by atoms with Gasteiger partial charge in [-0.05, 0) is 19.8 Å². The van der Waals surface area contributed by atoms with Crippen molar-refractivity contribution in [3.05, 3.63) is 5.53 Å². The Bertz CT molecular complexity index is 437. The molecule has 1 aliphatic heterocycles. The zero-order chi connectivity index (χ0) is 12.2. The summed E-state index contributed by atoms with van der Waals surface area (Å²) >= 11 is 0. The van der Waals surface area contributed by atoms with E-state index in [1.807, 2.05) is 20.8 Å². The minimum atomic E-state index is -1.15. The summed E-state index contributed by atoms with van der Waals surface area (Å²) in [6, 6.07) is 0. The third-order valence-electron chi connectivity index (χ3n) is 4.66. The molecular weight excluding hydrogens is 208 g/mol. The molecule has 5 heteroatoms. The molecule has 1 aliphatic carbocycles. The number of carbonyl (C=O) groups is 2. The van der Waals surface area contributed by atoms with Gasteiger partial charge in [0.2, 0.25) is 0 Å². The summed E-state index contributed by atoms with van der Waals surface area (Å²) < 4.78 is 5.29. The molecule has 2 bridgehead atoms. The van der Waals surface area contributed by atoms with Crippen molar-refractivity contribution in [3.8, 4) is 0 Å². The highest BCUT2D eigenvalue weighted by molar-refractivity contribution is 6.30. The van der Waals surface area contributed by atoms with Crippen molar-refractivity contribution in [2.75, 3.05) is 0 Å². The van der Waals surface area contributed by atoms with Crippen LogP contribution in [0.4, 0.5) is 0 Å². The van der Waals surface area contributed by atoms with Crippen LogP contribution in [0.5, 0.6) is 0 Å². The summed E-state index contributed by atoms with van der Waals surface area (Å²) in [5, 5.41) is 0. The minimum Gasteiger partial charge on any atom is -0.449 e. The number of rotatable bonds is 2. The molecule has 5 nitrogen and oxygen atoms in total. The number of esters is 1. The number of ketones is 1. The van der Waals surface area contributed by atoms with E-state index in [-0.39, 0.29) is 5.97 Å². The number of carbonyl (C=O) groups excluding carboxylic acids is 2. The summed E-state index contributed by atoms with van der Waals surface area (Å²) in [6.07, 6.45) is 1.95. The third kappa shape index (κ3) is 0.877. The number of ether oxygens (including phenoxy) is 1.